The number of hydrogen-bond donors (Lipinski definition) is 2. The zero-order valence-corrected chi connectivity index (χ0v) is 12.7. The number of H-pyrrole nitrogens is 1. The van der Waals surface area contributed by atoms with Crippen LogP contribution in [0.3, 0.4) is 0 Å². The first-order chi connectivity index (χ1) is 9.47. The molecule has 1 atom stereocenters. The third-order valence-electron chi connectivity index (χ3n) is 3.34. The number of nitrogens with two attached hydrogens (primary N) is 1. The highest BCUT2D eigenvalue weighted by Crippen LogP contribution is 2.28. The molecule has 0 saturated heterocycles. The van der Waals surface area contributed by atoms with E-state index in [-0.39, 0.29) is 23.1 Å². The van der Waals surface area contributed by atoms with Gasteiger partial charge in [0.1, 0.15) is 16.9 Å². The van der Waals surface area contributed by atoms with Gasteiger partial charge in [-0.1, -0.05) is 29.8 Å². The normalized spacial score (nSPS) is 13.4. The summed E-state index contributed by atoms with van der Waals surface area (Å²) in [6, 6.07) is 5.24. The van der Waals surface area contributed by atoms with Gasteiger partial charge in [0.05, 0.1) is 6.04 Å². The van der Waals surface area contributed by atoms with E-state index in [9.17, 15) is 4.79 Å². The molecule has 0 spiro atoms. The third kappa shape index (κ3) is 2.05. The molecule has 0 unspecified atom stereocenters. The summed E-state index contributed by atoms with van der Waals surface area (Å²) in [5, 5.41) is 0.803. The minimum absolute atomic E-state index is 0.181. The molecule has 6 heteroatoms. The van der Waals surface area contributed by atoms with Crippen LogP contribution in [-0.4, -0.2) is 9.97 Å². The zero-order valence-electron chi connectivity index (χ0n) is 11.1. The molecule has 0 fully saturated rings. The Morgan fingerprint density at radius 1 is 1.40 bits per heavy atom. The van der Waals surface area contributed by atoms with Crippen molar-refractivity contribution in [2.45, 2.75) is 19.9 Å². The lowest BCUT2D eigenvalue weighted by molar-refractivity contribution is 0.490. The molecule has 2 heterocycles. The highest BCUT2D eigenvalue weighted by Gasteiger charge is 2.18. The van der Waals surface area contributed by atoms with Gasteiger partial charge in [-0.05, 0) is 24.1 Å². The third-order valence-corrected chi connectivity index (χ3v) is 3.83. The number of rotatable bonds is 2. The number of aromatic amines is 1. The maximum atomic E-state index is 12.1. The van der Waals surface area contributed by atoms with E-state index in [1.165, 1.54) is 0 Å². The molecule has 104 valence electrons. The molecule has 0 aliphatic carbocycles. The van der Waals surface area contributed by atoms with E-state index in [1.807, 2.05) is 32.0 Å². The Balaban J connectivity index is 2.36. The van der Waals surface area contributed by atoms with Gasteiger partial charge in [0, 0.05) is 9.86 Å². The zero-order chi connectivity index (χ0) is 14.4. The summed E-state index contributed by atoms with van der Waals surface area (Å²) in [4.78, 5) is 19.3. The molecule has 1 aromatic carbocycles. The van der Waals surface area contributed by atoms with Crippen molar-refractivity contribution in [2.24, 2.45) is 11.7 Å². The Bertz CT molecular complexity index is 851. The van der Waals surface area contributed by atoms with E-state index in [4.69, 9.17) is 10.2 Å². The molecule has 0 radical (unpaired) electrons. The summed E-state index contributed by atoms with van der Waals surface area (Å²) in [7, 11) is 0. The average Bonchev–Trinajstić information content (AvgIpc) is 2.76. The number of furan rings is 1. The van der Waals surface area contributed by atoms with Crippen LogP contribution in [0.1, 0.15) is 25.7 Å². The number of nitrogens with zero attached hydrogens (tertiary/aromatic N) is 1. The summed E-state index contributed by atoms with van der Waals surface area (Å²) in [6.07, 6.45) is 0. The van der Waals surface area contributed by atoms with E-state index >= 15 is 0 Å². The number of benzene rings is 1. The fourth-order valence-corrected chi connectivity index (χ4v) is 2.48. The van der Waals surface area contributed by atoms with Crippen molar-refractivity contribution in [3.05, 3.63) is 38.9 Å². The second kappa shape index (κ2) is 4.71. The monoisotopic (exact) mass is 335 g/mol. The van der Waals surface area contributed by atoms with Crippen LogP contribution in [0.15, 0.2) is 31.9 Å². The number of nitrogens with one attached hydrogen (secondary N) is 1. The maximum Gasteiger partial charge on any atom is 0.294 e. The Labute approximate surface area is 123 Å². The van der Waals surface area contributed by atoms with Gasteiger partial charge in [-0.3, -0.25) is 4.79 Å². The van der Waals surface area contributed by atoms with Crippen LogP contribution in [0.5, 0.6) is 0 Å². The number of fused-ring (bicyclic) bond motifs is 3. The van der Waals surface area contributed by atoms with E-state index in [2.05, 4.69) is 25.9 Å². The highest BCUT2D eigenvalue weighted by molar-refractivity contribution is 9.10. The lowest BCUT2D eigenvalue weighted by Crippen LogP contribution is -2.23. The lowest BCUT2D eigenvalue weighted by atomic mass is 10.1. The van der Waals surface area contributed by atoms with Crippen LogP contribution in [0, 0.1) is 5.92 Å². The highest BCUT2D eigenvalue weighted by atomic mass is 79.9. The van der Waals surface area contributed by atoms with Gasteiger partial charge in [0.25, 0.3) is 5.56 Å². The summed E-state index contributed by atoms with van der Waals surface area (Å²) < 4.78 is 6.47. The first-order valence-electron chi connectivity index (χ1n) is 6.35. The quantitative estimate of drug-likeness (QED) is 0.753. The number of aromatic nitrogens is 2. The molecule has 3 rings (SSSR count). The molecular formula is C14H14BrN3O2. The molecule has 0 amide bonds. The molecular weight excluding hydrogens is 322 g/mol. The van der Waals surface area contributed by atoms with E-state index in [0.717, 1.165) is 9.86 Å². The Morgan fingerprint density at radius 2 is 2.15 bits per heavy atom. The van der Waals surface area contributed by atoms with Gasteiger partial charge < -0.3 is 15.1 Å². The van der Waals surface area contributed by atoms with E-state index in [1.54, 1.807) is 0 Å². The predicted molar refractivity (Wildman–Crippen MR) is 81.6 cm³/mol. The maximum absolute atomic E-state index is 12.1. The van der Waals surface area contributed by atoms with Crippen LogP contribution < -0.4 is 11.3 Å². The first-order valence-corrected chi connectivity index (χ1v) is 7.14. The van der Waals surface area contributed by atoms with Crippen molar-refractivity contribution in [3.63, 3.8) is 0 Å². The number of halogens is 1. The molecule has 20 heavy (non-hydrogen) atoms. The largest absolute Gasteiger partial charge is 0.449 e. The summed E-state index contributed by atoms with van der Waals surface area (Å²) in [5.41, 5.74) is 7.19. The summed E-state index contributed by atoms with van der Waals surface area (Å²) in [6.45, 7) is 3.97. The molecule has 3 aromatic rings. The molecule has 0 aliphatic rings. The van der Waals surface area contributed by atoms with Crippen molar-refractivity contribution < 1.29 is 4.42 Å². The molecule has 0 saturated carbocycles. The van der Waals surface area contributed by atoms with Crippen LogP contribution in [0.2, 0.25) is 0 Å². The Morgan fingerprint density at radius 3 is 2.85 bits per heavy atom. The lowest BCUT2D eigenvalue weighted by Gasteiger charge is -2.13. The van der Waals surface area contributed by atoms with Crippen molar-refractivity contribution in [1.29, 1.82) is 0 Å². The summed E-state index contributed by atoms with van der Waals surface area (Å²) >= 11 is 3.41. The fourth-order valence-electron chi connectivity index (χ4n) is 2.12. The standard InChI is InChI=1S/C14H14BrN3O2/c1-6(2)10(16)13-17-11-8-5-7(15)3-4-9(8)20-12(11)14(19)18-13/h3-6,10H,16H2,1-2H3,(H,17,18,19)/t10-/m0/s1. The molecule has 0 aliphatic heterocycles. The topological polar surface area (TPSA) is 84.9 Å². The van der Waals surface area contributed by atoms with E-state index < -0.39 is 0 Å². The van der Waals surface area contributed by atoms with Crippen LogP contribution in [0.25, 0.3) is 22.1 Å². The van der Waals surface area contributed by atoms with Gasteiger partial charge in [-0.15, -0.1) is 0 Å². The predicted octanol–water partition coefficient (Wildman–Crippen LogP) is 3.09. The minimum atomic E-state index is -0.316. The Hall–Kier alpha value is -1.66. The van der Waals surface area contributed by atoms with E-state index in [0.29, 0.717) is 16.9 Å². The van der Waals surface area contributed by atoms with Crippen molar-refractivity contribution in [3.8, 4) is 0 Å². The Kier molecular flexibility index (Phi) is 3.14. The second-order valence-electron chi connectivity index (χ2n) is 5.14. The van der Waals surface area contributed by atoms with Gasteiger partial charge in [-0.25, -0.2) is 4.98 Å². The fraction of sp³-hybridized carbons (Fsp3) is 0.286. The van der Waals surface area contributed by atoms with Gasteiger partial charge in [-0.2, -0.15) is 0 Å². The second-order valence-corrected chi connectivity index (χ2v) is 6.06. The molecule has 3 N–H and O–H groups in total. The molecule has 2 aromatic heterocycles. The number of hydrogen-bond acceptors (Lipinski definition) is 4. The first kappa shape index (κ1) is 13.3. The molecule has 0 bridgehead atoms. The van der Waals surface area contributed by atoms with Crippen molar-refractivity contribution in [2.75, 3.05) is 0 Å². The SMILES string of the molecule is CC(C)[C@H](N)c1nc2c(oc3ccc(Br)cc32)c(=O)[nH]1. The van der Waals surface area contributed by atoms with Crippen LogP contribution >= 0.6 is 15.9 Å². The van der Waals surface area contributed by atoms with Crippen molar-refractivity contribution >= 4 is 38.0 Å². The van der Waals surface area contributed by atoms with Crippen molar-refractivity contribution in [1.82, 2.24) is 9.97 Å². The van der Waals surface area contributed by atoms with Gasteiger partial charge in [0.2, 0.25) is 5.58 Å². The van der Waals surface area contributed by atoms with Crippen LogP contribution in [0.4, 0.5) is 0 Å². The average molecular weight is 336 g/mol. The smallest absolute Gasteiger partial charge is 0.294 e. The van der Waals surface area contributed by atoms with Gasteiger partial charge >= 0.3 is 0 Å². The summed E-state index contributed by atoms with van der Waals surface area (Å²) in [5.74, 6) is 0.667. The van der Waals surface area contributed by atoms with Crippen LogP contribution in [-0.2, 0) is 0 Å². The minimum Gasteiger partial charge on any atom is -0.449 e. The molecule has 5 nitrogen and oxygen atoms in total. The van der Waals surface area contributed by atoms with Gasteiger partial charge in [0.15, 0.2) is 0 Å².